The highest BCUT2D eigenvalue weighted by Gasteiger charge is 2.28. The van der Waals surface area contributed by atoms with E-state index >= 15 is 0 Å². The second-order valence-electron chi connectivity index (χ2n) is 7.27. The Morgan fingerprint density at radius 2 is 1.72 bits per heavy atom. The number of ether oxygens (including phenoxy) is 2. The zero-order valence-corrected chi connectivity index (χ0v) is 17.4. The third kappa shape index (κ3) is 11.3. The van der Waals surface area contributed by atoms with Gasteiger partial charge in [0.25, 0.3) is 0 Å². The van der Waals surface area contributed by atoms with E-state index in [0.29, 0.717) is 0 Å². The zero-order valence-electron chi connectivity index (χ0n) is 16.6. The molecule has 1 aromatic rings. The van der Waals surface area contributed by atoms with E-state index in [4.69, 9.17) is 9.47 Å². The first-order valence-electron chi connectivity index (χ1n) is 8.88. The van der Waals surface area contributed by atoms with Crippen LogP contribution in [0.2, 0.25) is 0 Å². The van der Waals surface area contributed by atoms with E-state index in [1.165, 1.54) is 0 Å². The van der Waals surface area contributed by atoms with Crippen LogP contribution in [0.3, 0.4) is 0 Å². The van der Waals surface area contributed by atoms with E-state index in [1.54, 1.807) is 45.0 Å². The Bertz CT molecular complexity index is 760. The van der Waals surface area contributed by atoms with Gasteiger partial charge in [0.05, 0.1) is 17.5 Å². The van der Waals surface area contributed by atoms with Crippen LogP contribution >= 0.6 is 0 Å². The van der Waals surface area contributed by atoms with E-state index in [2.05, 4.69) is 10.6 Å². The Labute approximate surface area is 170 Å². The van der Waals surface area contributed by atoms with Crippen LogP contribution in [-0.4, -0.2) is 66.8 Å². The minimum absolute atomic E-state index is 0.0397. The highest BCUT2D eigenvalue weighted by molar-refractivity contribution is 7.91. The predicted octanol–water partition coefficient (Wildman–Crippen LogP) is 0.532. The van der Waals surface area contributed by atoms with Crippen molar-refractivity contribution in [2.75, 3.05) is 18.1 Å². The van der Waals surface area contributed by atoms with Crippen LogP contribution in [-0.2, 0) is 25.9 Å². The van der Waals surface area contributed by atoms with Crippen molar-refractivity contribution in [1.82, 2.24) is 10.6 Å². The van der Waals surface area contributed by atoms with Gasteiger partial charge < -0.3 is 30.3 Å². The molecule has 2 amide bonds. The molecular formula is C18H28N2O8S. The molecule has 0 bridgehead atoms. The first-order chi connectivity index (χ1) is 13.4. The number of alkyl carbamates (subject to hydrolysis) is 2. The summed E-state index contributed by atoms with van der Waals surface area (Å²) in [6.45, 7) is 4.62. The highest BCUT2D eigenvalue weighted by Crippen LogP contribution is 2.08. The number of sulfone groups is 1. The van der Waals surface area contributed by atoms with Crippen molar-refractivity contribution in [3.05, 3.63) is 35.9 Å². The van der Waals surface area contributed by atoms with Crippen molar-refractivity contribution in [3.8, 4) is 0 Å². The van der Waals surface area contributed by atoms with E-state index in [9.17, 15) is 28.2 Å². The Hall–Kier alpha value is -2.37. The fourth-order valence-electron chi connectivity index (χ4n) is 2.10. The average molecular weight is 432 g/mol. The molecule has 10 nitrogen and oxygen atoms in total. The van der Waals surface area contributed by atoms with Gasteiger partial charge in [-0.25, -0.2) is 18.0 Å². The Morgan fingerprint density at radius 3 is 2.28 bits per heavy atom. The monoisotopic (exact) mass is 432 g/mol. The Kier molecular flexibility index (Phi) is 9.34. The topological polar surface area (TPSA) is 151 Å². The molecule has 0 aliphatic heterocycles. The van der Waals surface area contributed by atoms with E-state index < -0.39 is 51.5 Å². The number of hydrogen-bond acceptors (Lipinski definition) is 8. The quantitative estimate of drug-likeness (QED) is 0.413. The fraction of sp³-hybridized carbons (Fsp3) is 0.556. The molecule has 4 N–H and O–H groups in total. The maximum absolute atomic E-state index is 12.2. The average Bonchev–Trinajstić information content (AvgIpc) is 2.58. The molecule has 0 saturated heterocycles. The van der Waals surface area contributed by atoms with Crippen LogP contribution in [0.25, 0.3) is 0 Å². The molecule has 164 valence electrons. The van der Waals surface area contributed by atoms with Gasteiger partial charge >= 0.3 is 12.2 Å². The number of nitrogens with one attached hydrogen (secondary N) is 2. The molecule has 1 atom stereocenters. The van der Waals surface area contributed by atoms with Crippen LogP contribution in [0.1, 0.15) is 26.3 Å². The first-order valence-corrected chi connectivity index (χ1v) is 10.7. The molecule has 29 heavy (non-hydrogen) atoms. The molecule has 1 rings (SSSR count). The third-order valence-corrected chi connectivity index (χ3v) is 5.08. The normalized spacial score (nSPS) is 12.9. The molecule has 0 aliphatic rings. The maximum atomic E-state index is 12.2. The third-order valence-electron chi connectivity index (χ3n) is 3.39. The molecule has 1 unspecified atom stereocenters. The molecule has 11 heteroatoms. The summed E-state index contributed by atoms with van der Waals surface area (Å²) >= 11 is 0. The first kappa shape index (κ1) is 24.7. The van der Waals surface area contributed by atoms with Crippen molar-refractivity contribution in [2.24, 2.45) is 0 Å². The van der Waals surface area contributed by atoms with Gasteiger partial charge in [-0.05, 0) is 26.3 Å². The summed E-state index contributed by atoms with van der Waals surface area (Å²) in [5, 5.41) is 23.1. The van der Waals surface area contributed by atoms with Crippen molar-refractivity contribution in [3.63, 3.8) is 0 Å². The number of aliphatic hydroxyl groups excluding tert-OH is 1. The number of rotatable bonds is 9. The number of carbonyl (C=O) groups is 2. The van der Waals surface area contributed by atoms with Crippen LogP contribution in [0.4, 0.5) is 9.59 Å². The van der Waals surface area contributed by atoms with Gasteiger partial charge in [-0.1, -0.05) is 30.3 Å². The molecule has 0 fully saturated rings. The van der Waals surface area contributed by atoms with Crippen molar-refractivity contribution < 1.29 is 37.7 Å². The number of benzene rings is 1. The Morgan fingerprint density at radius 1 is 1.10 bits per heavy atom. The second-order valence-corrected chi connectivity index (χ2v) is 9.50. The van der Waals surface area contributed by atoms with Crippen LogP contribution in [0, 0.1) is 0 Å². The highest BCUT2D eigenvalue weighted by atomic mass is 32.2. The SMILES string of the molecule is CC(C)(C)OC(=O)NC(CS(=O)(=O)CCNC(=O)OCc1ccccc1)C(O)O. The molecular weight excluding hydrogens is 404 g/mol. The van der Waals surface area contributed by atoms with E-state index in [-0.39, 0.29) is 13.2 Å². The minimum Gasteiger partial charge on any atom is -0.445 e. The molecule has 0 heterocycles. The summed E-state index contributed by atoms with van der Waals surface area (Å²) < 4.78 is 34.3. The molecule has 0 saturated carbocycles. The smallest absolute Gasteiger partial charge is 0.408 e. The largest absolute Gasteiger partial charge is 0.445 e. The van der Waals surface area contributed by atoms with Gasteiger partial charge in [0.1, 0.15) is 12.2 Å². The lowest BCUT2D eigenvalue weighted by atomic mass is 10.2. The fourth-order valence-corrected chi connectivity index (χ4v) is 3.48. The molecule has 0 aromatic heterocycles. The summed E-state index contributed by atoms with van der Waals surface area (Å²) in [6.07, 6.45) is -3.87. The number of amides is 2. The molecule has 0 spiro atoms. The lowest BCUT2D eigenvalue weighted by Crippen LogP contribution is -2.49. The number of carbonyl (C=O) groups excluding carboxylic acids is 2. The Balaban J connectivity index is 2.45. The van der Waals surface area contributed by atoms with Crippen LogP contribution < -0.4 is 10.6 Å². The van der Waals surface area contributed by atoms with E-state index in [0.717, 1.165) is 5.56 Å². The van der Waals surface area contributed by atoms with Crippen molar-refractivity contribution in [1.29, 1.82) is 0 Å². The predicted molar refractivity (Wildman–Crippen MR) is 105 cm³/mol. The summed E-state index contributed by atoms with van der Waals surface area (Å²) in [5.41, 5.74) is -0.0546. The molecule has 1 aromatic carbocycles. The molecule has 0 aliphatic carbocycles. The minimum atomic E-state index is -3.84. The van der Waals surface area contributed by atoms with Crippen molar-refractivity contribution >= 4 is 22.0 Å². The van der Waals surface area contributed by atoms with Crippen molar-refractivity contribution in [2.45, 2.75) is 45.3 Å². The number of aliphatic hydroxyl groups is 2. The van der Waals surface area contributed by atoms with Crippen LogP contribution in [0.15, 0.2) is 30.3 Å². The second kappa shape index (κ2) is 11.0. The van der Waals surface area contributed by atoms with Gasteiger partial charge in [0.2, 0.25) is 0 Å². The summed E-state index contributed by atoms with van der Waals surface area (Å²) in [4.78, 5) is 23.4. The van der Waals surface area contributed by atoms with E-state index in [1.807, 2.05) is 6.07 Å². The zero-order chi connectivity index (χ0) is 22.1. The molecule has 0 radical (unpaired) electrons. The summed E-state index contributed by atoms with van der Waals surface area (Å²) in [7, 11) is -3.84. The lowest BCUT2D eigenvalue weighted by Gasteiger charge is -2.24. The number of hydrogen-bond donors (Lipinski definition) is 4. The van der Waals surface area contributed by atoms with Gasteiger partial charge in [-0.2, -0.15) is 0 Å². The van der Waals surface area contributed by atoms with Gasteiger partial charge in [0.15, 0.2) is 16.1 Å². The van der Waals surface area contributed by atoms with Gasteiger partial charge in [0, 0.05) is 6.54 Å². The van der Waals surface area contributed by atoms with Crippen LogP contribution in [0.5, 0.6) is 0 Å². The lowest BCUT2D eigenvalue weighted by molar-refractivity contribution is -0.0629. The van der Waals surface area contributed by atoms with Gasteiger partial charge in [-0.3, -0.25) is 0 Å². The standard InChI is InChI=1S/C18H28N2O8S/c1-18(2,3)28-17(24)20-14(15(21)22)12-29(25,26)10-9-19-16(23)27-11-13-7-5-4-6-8-13/h4-8,14-15,21-22H,9-12H2,1-3H3,(H,19,23)(H,20,24). The van der Waals surface area contributed by atoms with Gasteiger partial charge in [-0.15, -0.1) is 0 Å². The maximum Gasteiger partial charge on any atom is 0.408 e. The summed E-state index contributed by atoms with van der Waals surface area (Å²) in [6, 6.07) is 7.47. The summed E-state index contributed by atoms with van der Waals surface area (Å²) in [5.74, 6) is -1.22.